The Morgan fingerprint density at radius 1 is 0.962 bits per heavy atom. The average molecular weight is 356 g/mol. The van der Waals surface area contributed by atoms with Gasteiger partial charge in [-0.1, -0.05) is 30.3 Å². The van der Waals surface area contributed by atoms with Crippen molar-refractivity contribution in [3.8, 4) is 0 Å². The molecule has 0 radical (unpaired) electrons. The smallest absolute Gasteiger partial charge is 0.357 e. The van der Waals surface area contributed by atoms with Crippen LogP contribution in [0.3, 0.4) is 0 Å². The molecule has 0 spiro atoms. The molecule has 1 aromatic carbocycles. The van der Waals surface area contributed by atoms with Crippen molar-refractivity contribution in [3.63, 3.8) is 0 Å². The zero-order valence-corrected chi connectivity index (χ0v) is 15.6. The predicted octanol–water partition coefficient (Wildman–Crippen LogP) is 3.39. The molecule has 0 fully saturated rings. The Morgan fingerprint density at radius 3 is 2.15 bits per heavy atom. The van der Waals surface area contributed by atoms with Crippen LogP contribution >= 0.6 is 0 Å². The van der Waals surface area contributed by atoms with Crippen LogP contribution in [0.2, 0.25) is 0 Å². The number of aromatic nitrogens is 2. The second kappa shape index (κ2) is 8.56. The van der Waals surface area contributed by atoms with Gasteiger partial charge in [0, 0.05) is 12.5 Å². The first-order valence-corrected chi connectivity index (χ1v) is 8.61. The molecule has 0 N–H and O–H groups in total. The minimum absolute atomic E-state index is 0.0565. The van der Waals surface area contributed by atoms with Gasteiger partial charge in [0.1, 0.15) is 11.4 Å². The molecule has 0 aliphatic carbocycles. The summed E-state index contributed by atoms with van der Waals surface area (Å²) in [5, 5.41) is 0. The number of esters is 2. The van der Waals surface area contributed by atoms with Crippen molar-refractivity contribution in [2.24, 2.45) is 0 Å². The normalized spacial score (nSPS) is 11.1. The van der Waals surface area contributed by atoms with Gasteiger partial charge in [0.05, 0.1) is 6.61 Å². The molecule has 26 heavy (non-hydrogen) atoms. The van der Waals surface area contributed by atoms with E-state index < -0.39 is 17.5 Å². The summed E-state index contributed by atoms with van der Waals surface area (Å²) < 4.78 is 10.4. The molecule has 2 aromatic rings. The van der Waals surface area contributed by atoms with E-state index >= 15 is 0 Å². The third kappa shape index (κ3) is 5.95. The number of carbonyl (C=O) groups excluding carboxylic acids is 2. The van der Waals surface area contributed by atoms with Crippen LogP contribution < -0.4 is 0 Å². The summed E-state index contributed by atoms with van der Waals surface area (Å²) in [6.45, 7) is 7.26. The van der Waals surface area contributed by atoms with Gasteiger partial charge in [-0.3, -0.25) is 0 Å². The van der Waals surface area contributed by atoms with Crippen molar-refractivity contribution in [2.45, 2.75) is 46.1 Å². The molecule has 0 unspecified atom stereocenters. The van der Waals surface area contributed by atoms with E-state index in [9.17, 15) is 9.59 Å². The molecular formula is C20H24N2O4. The van der Waals surface area contributed by atoms with Crippen molar-refractivity contribution in [1.29, 1.82) is 0 Å². The molecule has 138 valence electrons. The van der Waals surface area contributed by atoms with E-state index in [0.717, 1.165) is 5.56 Å². The van der Waals surface area contributed by atoms with Crippen LogP contribution in [0.1, 0.15) is 60.1 Å². The molecule has 0 amide bonds. The van der Waals surface area contributed by atoms with Gasteiger partial charge in [-0.2, -0.15) is 0 Å². The van der Waals surface area contributed by atoms with Crippen molar-refractivity contribution in [2.75, 3.05) is 6.61 Å². The molecule has 0 saturated carbocycles. The highest BCUT2D eigenvalue weighted by Crippen LogP contribution is 2.13. The lowest BCUT2D eigenvalue weighted by Crippen LogP contribution is -2.25. The van der Waals surface area contributed by atoms with Crippen LogP contribution in [0, 0.1) is 0 Å². The second-order valence-electron chi connectivity index (χ2n) is 6.76. The van der Waals surface area contributed by atoms with Crippen LogP contribution in [0.15, 0.2) is 36.4 Å². The first-order valence-electron chi connectivity index (χ1n) is 8.61. The van der Waals surface area contributed by atoms with Gasteiger partial charge < -0.3 is 9.47 Å². The molecule has 6 nitrogen and oxygen atoms in total. The molecule has 6 heteroatoms. The molecule has 1 heterocycles. The Kier molecular flexibility index (Phi) is 6.44. The van der Waals surface area contributed by atoms with E-state index in [1.807, 2.05) is 30.3 Å². The van der Waals surface area contributed by atoms with Gasteiger partial charge in [0.15, 0.2) is 11.4 Å². The maximum absolute atomic E-state index is 12.4. The molecule has 0 bridgehead atoms. The van der Waals surface area contributed by atoms with Crippen LogP contribution in [-0.4, -0.2) is 34.1 Å². The highest BCUT2D eigenvalue weighted by molar-refractivity contribution is 5.92. The SMILES string of the molecule is CCOC(=O)c1cc(C(=O)OC(C)(C)C)nc(CCc2ccccc2)n1. The number of ether oxygens (including phenoxy) is 2. The fraction of sp³-hybridized carbons (Fsp3) is 0.400. The van der Waals surface area contributed by atoms with Gasteiger partial charge >= 0.3 is 11.9 Å². The highest BCUT2D eigenvalue weighted by atomic mass is 16.6. The van der Waals surface area contributed by atoms with Crippen molar-refractivity contribution in [1.82, 2.24) is 9.97 Å². The monoisotopic (exact) mass is 356 g/mol. The van der Waals surface area contributed by atoms with Gasteiger partial charge in [0.2, 0.25) is 0 Å². The number of nitrogens with zero attached hydrogens (tertiary/aromatic N) is 2. The average Bonchev–Trinajstić information content (AvgIpc) is 2.59. The lowest BCUT2D eigenvalue weighted by atomic mass is 10.1. The molecule has 1 aromatic heterocycles. The summed E-state index contributed by atoms with van der Waals surface area (Å²) in [5.74, 6) is -0.771. The fourth-order valence-corrected chi connectivity index (χ4v) is 2.25. The third-order valence-electron chi connectivity index (χ3n) is 3.35. The molecule has 0 saturated heterocycles. The Balaban J connectivity index is 2.27. The first-order chi connectivity index (χ1) is 12.3. The number of benzene rings is 1. The highest BCUT2D eigenvalue weighted by Gasteiger charge is 2.22. The van der Waals surface area contributed by atoms with Crippen LogP contribution in [-0.2, 0) is 22.3 Å². The summed E-state index contributed by atoms with van der Waals surface area (Å²) in [5.41, 5.74) is 0.583. The minimum Gasteiger partial charge on any atom is -0.461 e. The van der Waals surface area contributed by atoms with Crippen LogP contribution in [0.4, 0.5) is 0 Å². The van der Waals surface area contributed by atoms with Crippen molar-refractivity contribution >= 4 is 11.9 Å². The lowest BCUT2D eigenvalue weighted by Gasteiger charge is -2.19. The maximum atomic E-state index is 12.4. The first kappa shape index (κ1) is 19.6. The fourth-order valence-electron chi connectivity index (χ4n) is 2.25. The van der Waals surface area contributed by atoms with Crippen LogP contribution in [0.5, 0.6) is 0 Å². The van der Waals surface area contributed by atoms with E-state index in [1.54, 1.807) is 27.7 Å². The molecule has 0 aliphatic rings. The van der Waals surface area contributed by atoms with Crippen LogP contribution in [0.25, 0.3) is 0 Å². The Bertz CT molecular complexity index is 767. The number of rotatable bonds is 6. The maximum Gasteiger partial charge on any atom is 0.357 e. The standard InChI is InChI=1S/C20H24N2O4/c1-5-25-18(23)15-13-16(19(24)26-20(2,3)4)22-17(21-15)12-11-14-9-7-6-8-10-14/h6-10,13H,5,11-12H2,1-4H3. The number of aryl methyl sites for hydroxylation is 2. The Labute approximate surface area is 153 Å². The number of hydrogen-bond acceptors (Lipinski definition) is 6. The topological polar surface area (TPSA) is 78.4 Å². The summed E-state index contributed by atoms with van der Waals surface area (Å²) in [6.07, 6.45) is 1.19. The van der Waals surface area contributed by atoms with E-state index in [-0.39, 0.29) is 18.0 Å². The van der Waals surface area contributed by atoms with Crippen molar-refractivity contribution in [3.05, 3.63) is 59.2 Å². The zero-order valence-electron chi connectivity index (χ0n) is 15.6. The van der Waals surface area contributed by atoms with Gasteiger partial charge in [-0.15, -0.1) is 0 Å². The van der Waals surface area contributed by atoms with Crippen molar-refractivity contribution < 1.29 is 19.1 Å². The summed E-state index contributed by atoms with van der Waals surface area (Å²) in [7, 11) is 0. The summed E-state index contributed by atoms with van der Waals surface area (Å²) in [4.78, 5) is 33.0. The van der Waals surface area contributed by atoms with E-state index in [1.165, 1.54) is 6.07 Å². The third-order valence-corrected chi connectivity index (χ3v) is 3.35. The number of carbonyl (C=O) groups is 2. The Morgan fingerprint density at radius 2 is 1.58 bits per heavy atom. The lowest BCUT2D eigenvalue weighted by molar-refractivity contribution is 0.00622. The van der Waals surface area contributed by atoms with Gasteiger partial charge in [-0.05, 0) is 39.7 Å². The molecular weight excluding hydrogens is 332 g/mol. The summed E-state index contributed by atoms with van der Waals surface area (Å²) >= 11 is 0. The quantitative estimate of drug-likeness (QED) is 0.738. The van der Waals surface area contributed by atoms with Gasteiger partial charge in [0.25, 0.3) is 0 Å². The van der Waals surface area contributed by atoms with Gasteiger partial charge in [-0.25, -0.2) is 19.6 Å². The minimum atomic E-state index is -0.656. The second-order valence-corrected chi connectivity index (χ2v) is 6.76. The molecule has 0 aliphatic heterocycles. The summed E-state index contributed by atoms with van der Waals surface area (Å²) in [6, 6.07) is 11.2. The molecule has 2 rings (SSSR count). The Hall–Kier alpha value is -2.76. The largest absolute Gasteiger partial charge is 0.461 e. The predicted molar refractivity (Wildman–Crippen MR) is 97.0 cm³/mol. The van der Waals surface area contributed by atoms with E-state index in [4.69, 9.17) is 9.47 Å². The van der Waals surface area contributed by atoms with E-state index in [2.05, 4.69) is 9.97 Å². The number of hydrogen-bond donors (Lipinski definition) is 0. The zero-order chi connectivity index (χ0) is 19.2. The molecule has 0 atom stereocenters. The van der Waals surface area contributed by atoms with E-state index in [0.29, 0.717) is 18.7 Å².